The van der Waals surface area contributed by atoms with Crippen LogP contribution in [-0.4, -0.2) is 48.9 Å². The highest BCUT2D eigenvalue weighted by atomic mass is 19.4. The van der Waals surface area contributed by atoms with Crippen molar-refractivity contribution in [3.05, 3.63) is 65.9 Å². The zero-order valence-corrected chi connectivity index (χ0v) is 16.6. The highest BCUT2D eigenvalue weighted by Crippen LogP contribution is 2.41. The Bertz CT molecular complexity index is 1150. The molecular formula is C21H18F4N6O. The Hall–Kier alpha value is -3.50. The van der Waals surface area contributed by atoms with Gasteiger partial charge in [-0.05, 0) is 37.5 Å². The number of pyridine rings is 1. The van der Waals surface area contributed by atoms with Gasteiger partial charge in [0.15, 0.2) is 11.6 Å². The lowest BCUT2D eigenvalue weighted by atomic mass is 9.95. The molecule has 5 rings (SSSR count). The van der Waals surface area contributed by atoms with Gasteiger partial charge < -0.3 is 10.2 Å². The summed E-state index contributed by atoms with van der Waals surface area (Å²) in [5, 5.41) is 11.1. The molecule has 32 heavy (non-hydrogen) atoms. The van der Waals surface area contributed by atoms with Crippen LogP contribution in [0.2, 0.25) is 0 Å². The van der Waals surface area contributed by atoms with Crippen LogP contribution in [0.3, 0.4) is 0 Å². The number of nitrogens with zero attached hydrogens (tertiary/aromatic N) is 5. The molecule has 1 aromatic carbocycles. The van der Waals surface area contributed by atoms with Gasteiger partial charge in [-0.3, -0.25) is 4.79 Å². The molecule has 2 aliphatic rings. The molecule has 3 unspecified atom stereocenters. The molecule has 11 heteroatoms. The molecule has 2 aromatic heterocycles. The number of fused-ring (bicyclic) bond motifs is 2. The van der Waals surface area contributed by atoms with E-state index in [1.807, 2.05) is 0 Å². The summed E-state index contributed by atoms with van der Waals surface area (Å²) in [6.45, 7) is 0. The summed E-state index contributed by atoms with van der Waals surface area (Å²) in [4.78, 5) is 20.3. The number of anilines is 1. The Kier molecular flexibility index (Phi) is 4.83. The predicted octanol–water partition coefficient (Wildman–Crippen LogP) is 3.68. The number of rotatable bonds is 4. The summed E-state index contributed by atoms with van der Waals surface area (Å²) >= 11 is 0. The quantitative estimate of drug-likeness (QED) is 0.619. The summed E-state index contributed by atoms with van der Waals surface area (Å²) in [6.07, 6.45) is 1.05. The number of halogens is 4. The van der Waals surface area contributed by atoms with Gasteiger partial charge >= 0.3 is 6.18 Å². The van der Waals surface area contributed by atoms with E-state index in [4.69, 9.17) is 0 Å². The number of carbonyl (C=O) groups is 1. The number of para-hydroxylation sites is 1. The smallest absolute Gasteiger partial charge is 0.363 e. The molecule has 0 spiro atoms. The first-order chi connectivity index (χ1) is 15.3. The monoisotopic (exact) mass is 446 g/mol. The van der Waals surface area contributed by atoms with Gasteiger partial charge in [-0.2, -0.15) is 28.2 Å². The van der Waals surface area contributed by atoms with Crippen molar-refractivity contribution >= 4 is 11.7 Å². The van der Waals surface area contributed by atoms with Gasteiger partial charge in [0, 0.05) is 12.2 Å². The van der Waals surface area contributed by atoms with E-state index in [1.54, 1.807) is 29.2 Å². The molecule has 0 aliphatic carbocycles. The molecule has 166 valence electrons. The molecule has 2 fully saturated rings. The standard InChI is InChI=1S/C21H18F4N6O/c22-15-9-12(21(23,24)25)11-26-19(15)29-16-10-13-5-6-18(16)30(13)20(32)14-3-1-2-4-17(14)31-27-7-8-28-31/h1-4,7-9,11,13,16,18H,5-6,10H2,(H,26,29). The maximum Gasteiger partial charge on any atom is 0.417 e. The second-order valence-electron chi connectivity index (χ2n) is 7.89. The van der Waals surface area contributed by atoms with Crippen LogP contribution < -0.4 is 5.32 Å². The van der Waals surface area contributed by atoms with Crippen LogP contribution in [0.15, 0.2) is 48.9 Å². The van der Waals surface area contributed by atoms with Crippen LogP contribution in [0.4, 0.5) is 23.4 Å². The first kappa shape index (κ1) is 20.4. The number of aromatic nitrogens is 4. The first-order valence-electron chi connectivity index (χ1n) is 10.1. The zero-order valence-electron chi connectivity index (χ0n) is 16.6. The topological polar surface area (TPSA) is 75.9 Å². The van der Waals surface area contributed by atoms with Crippen molar-refractivity contribution in [1.82, 2.24) is 24.9 Å². The van der Waals surface area contributed by atoms with Gasteiger partial charge in [0.1, 0.15) is 0 Å². The number of hydrogen-bond acceptors (Lipinski definition) is 5. The summed E-state index contributed by atoms with van der Waals surface area (Å²) in [6, 6.07) is 6.84. The molecule has 3 aromatic rings. The van der Waals surface area contributed by atoms with E-state index < -0.39 is 17.6 Å². The fraction of sp³-hybridized carbons (Fsp3) is 0.333. The number of nitrogens with one attached hydrogen (secondary N) is 1. The van der Waals surface area contributed by atoms with Crippen LogP contribution in [-0.2, 0) is 6.18 Å². The Labute approximate surface area is 180 Å². The van der Waals surface area contributed by atoms with Gasteiger partial charge in [-0.15, -0.1) is 0 Å². The van der Waals surface area contributed by atoms with Crippen molar-refractivity contribution in [3.63, 3.8) is 0 Å². The van der Waals surface area contributed by atoms with E-state index in [0.29, 0.717) is 36.4 Å². The highest BCUT2D eigenvalue weighted by Gasteiger charge is 2.49. The zero-order chi connectivity index (χ0) is 22.5. The molecular weight excluding hydrogens is 428 g/mol. The van der Waals surface area contributed by atoms with Crippen LogP contribution in [0.5, 0.6) is 0 Å². The molecule has 2 bridgehead atoms. The lowest BCUT2D eigenvalue weighted by Gasteiger charge is -2.26. The van der Waals surface area contributed by atoms with Crippen molar-refractivity contribution in [2.45, 2.75) is 43.6 Å². The molecule has 7 nitrogen and oxygen atoms in total. The SMILES string of the molecule is O=C(c1ccccc1-n1nccn1)N1C2CCC1C(Nc1ncc(C(F)(F)F)cc1F)C2. The lowest BCUT2D eigenvalue weighted by Crippen LogP contribution is -2.40. The maximum atomic E-state index is 14.3. The minimum atomic E-state index is -4.67. The number of benzene rings is 1. The largest absolute Gasteiger partial charge is 0.417 e. The Morgan fingerprint density at radius 3 is 2.59 bits per heavy atom. The Balaban J connectivity index is 1.38. The van der Waals surface area contributed by atoms with E-state index in [1.165, 1.54) is 17.2 Å². The summed E-state index contributed by atoms with van der Waals surface area (Å²) < 4.78 is 52.6. The minimum Gasteiger partial charge on any atom is -0.363 e. The molecule has 4 heterocycles. The molecule has 3 atom stereocenters. The van der Waals surface area contributed by atoms with Crippen LogP contribution in [0, 0.1) is 5.82 Å². The van der Waals surface area contributed by atoms with Crippen LogP contribution in [0.1, 0.15) is 35.2 Å². The third kappa shape index (κ3) is 3.47. The number of amides is 1. The minimum absolute atomic E-state index is 0.0545. The van der Waals surface area contributed by atoms with Gasteiger partial charge in [0.2, 0.25) is 0 Å². The van der Waals surface area contributed by atoms with E-state index in [9.17, 15) is 22.4 Å². The Morgan fingerprint density at radius 2 is 1.88 bits per heavy atom. The average molecular weight is 446 g/mol. The van der Waals surface area contributed by atoms with E-state index in [0.717, 1.165) is 6.42 Å². The van der Waals surface area contributed by atoms with Crippen molar-refractivity contribution in [2.75, 3.05) is 5.32 Å². The van der Waals surface area contributed by atoms with Crippen molar-refractivity contribution < 1.29 is 22.4 Å². The fourth-order valence-corrected chi connectivity index (χ4v) is 4.64. The second kappa shape index (κ2) is 7.57. The van der Waals surface area contributed by atoms with Crippen LogP contribution >= 0.6 is 0 Å². The van der Waals surface area contributed by atoms with Gasteiger partial charge in [0.25, 0.3) is 5.91 Å². The van der Waals surface area contributed by atoms with Gasteiger partial charge in [0.05, 0.1) is 41.3 Å². The molecule has 2 saturated heterocycles. The fourth-order valence-electron chi connectivity index (χ4n) is 4.64. The third-order valence-corrected chi connectivity index (χ3v) is 6.03. The van der Waals surface area contributed by atoms with Crippen molar-refractivity contribution in [2.24, 2.45) is 0 Å². The van der Waals surface area contributed by atoms with Gasteiger partial charge in [-0.25, -0.2) is 9.37 Å². The molecule has 0 saturated carbocycles. The van der Waals surface area contributed by atoms with E-state index in [2.05, 4.69) is 20.5 Å². The summed E-state index contributed by atoms with van der Waals surface area (Å²) in [5.74, 6) is -1.50. The number of hydrogen-bond donors (Lipinski definition) is 1. The van der Waals surface area contributed by atoms with Crippen molar-refractivity contribution in [3.8, 4) is 5.69 Å². The second-order valence-corrected chi connectivity index (χ2v) is 7.89. The van der Waals surface area contributed by atoms with E-state index >= 15 is 0 Å². The molecule has 2 aliphatic heterocycles. The van der Waals surface area contributed by atoms with Crippen LogP contribution in [0.25, 0.3) is 5.69 Å². The summed E-state index contributed by atoms with van der Waals surface area (Å²) in [5.41, 5.74) is -0.150. The Morgan fingerprint density at radius 1 is 1.12 bits per heavy atom. The predicted molar refractivity (Wildman–Crippen MR) is 106 cm³/mol. The molecule has 0 radical (unpaired) electrons. The maximum absolute atomic E-state index is 14.3. The summed E-state index contributed by atoms with van der Waals surface area (Å²) in [7, 11) is 0. The number of carbonyl (C=O) groups excluding carboxylic acids is 1. The molecule has 1 N–H and O–H groups in total. The third-order valence-electron chi connectivity index (χ3n) is 6.03. The molecule has 1 amide bonds. The normalized spacial score (nSPS) is 22.4. The number of alkyl halides is 3. The van der Waals surface area contributed by atoms with Crippen molar-refractivity contribution in [1.29, 1.82) is 0 Å². The average Bonchev–Trinajstić information content (AvgIpc) is 3.50. The lowest BCUT2D eigenvalue weighted by molar-refractivity contribution is -0.138. The first-order valence-corrected chi connectivity index (χ1v) is 10.1. The highest BCUT2D eigenvalue weighted by molar-refractivity contribution is 5.98. The van der Waals surface area contributed by atoms with Gasteiger partial charge in [-0.1, -0.05) is 12.1 Å². The van der Waals surface area contributed by atoms with E-state index in [-0.39, 0.29) is 29.9 Å².